The Bertz CT molecular complexity index is 1090. The van der Waals surface area contributed by atoms with E-state index in [0.29, 0.717) is 19.6 Å². The molecule has 1 aliphatic rings. The molecule has 0 radical (unpaired) electrons. The highest BCUT2D eigenvalue weighted by Gasteiger charge is 2.15. The molecule has 1 aliphatic heterocycles. The van der Waals surface area contributed by atoms with E-state index in [1.165, 1.54) is 0 Å². The number of nitrogens with one attached hydrogen (secondary N) is 1. The van der Waals surface area contributed by atoms with Crippen LogP contribution in [-0.2, 0) is 22.6 Å². The Morgan fingerprint density at radius 3 is 3.03 bits per heavy atom. The van der Waals surface area contributed by atoms with Gasteiger partial charge in [-0.1, -0.05) is 36.0 Å². The van der Waals surface area contributed by atoms with E-state index in [2.05, 4.69) is 27.0 Å². The Hall–Kier alpha value is -3.19. The quantitative estimate of drug-likeness (QED) is 0.256. The largest absolute Gasteiger partial charge is 0.497 e. The molecule has 0 atom stereocenters. The minimum Gasteiger partial charge on any atom is -0.497 e. The van der Waals surface area contributed by atoms with E-state index >= 15 is 0 Å². The van der Waals surface area contributed by atoms with Crippen molar-refractivity contribution in [3.63, 3.8) is 0 Å². The van der Waals surface area contributed by atoms with Crippen LogP contribution in [0.1, 0.15) is 30.9 Å². The van der Waals surface area contributed by atoms with E-state index in [-0.39, 0.29) is 5.91 Å². The molecule has 0 fully saturated rings. The van der Waals surface area contributed by atoms with Crippen molar-refractivity contribution in [1.29, 1.82) is 0 Å². The molecule has 3 aromatic rings. The number of amides is 1. The Balaban J connectivity index is 1.29. The third-order valence-electron chi connectivity index (χ3n) is 5.09. The number of hydrogen-bond acceptors (Lipinski definition) is 5. The van der Waals surface area contributed by atoms with Crippen LogP contribution < -0.4 is 10.1 Å². The van der Waals surface area contributed by atoms with Gasteiger partial charge < -0.3 is 14.8 Å². The lowest BCUT2D eigenvalue weighted by Crippen LogP contribution is -2.18. The van der Waals surface area contributed by atoms with Crippen molar-refractivity contribution in [3.8, 4) is 11.4 Å². The summed E-state index contributed by atoms with van der Waals surface area (Å²) in [5.74, 6) is 1.82. The maximum absolute atomic E-state index is 11.5. The monoisotopic (exact) mass is 449 g/mol. The van der Waals surface area contributed by atoms with Crippen LogP contribution in [0.25, 0.3) is 5.69 Å². The molecule has 166 valence electrons. The molecule has 0 saturated carbocycles. The van der Waals surface area contributed by atoms with Gasteiger partial charge >= 0.3 is 0 Å². The summed E-state index contributed by atoms with van der Waals surface area (Å²) in [6, 6.07) is 14.1. The second-order valence-corrected chi connectivity index (χ2v) is 8.47. The van der Waals surface area contributed by atoms with Crippen molar-refractivity contribution in [2.45, 2.75) is 37.9 Å². The van der Waals surface area contributed by atoms with Gasteiger partial charge in [-0.25, -0.2) is 4.98 Å². The molecule has 7 heteroatoms. The zero-order valence-corrected chi connectivity index (χ0v) is 18.9. The third kappa shape index (κ3) is 5.53. The summed E-state index contributed by atoms with van der Waals surface area (Å²) in [4.78, 5) is 16.0. The van der Waals surface area contributed by atoms with Crippen LogP contribution in [0.5, 0.6) is 5.75 Å². The summed E-state index contributed by atoms with van der Waals surface area (Å²) in [6.07, 6.45) is 9.59. The summed E-state index contributed by atoms with van der Waals surface area (Å²) >= 11 is 1.71. The number of aryl methyl sites for hydroxylation is 1. The van der Waals surface area contributed by atoms with E-state index in [4.69, 9.17) is 9.47 Å². The highest BCUT2D eigenvalue weighted by Crippen LogP contribution is 2.27. The lowest BCUT2D eigenvalue weighted by Gasteiger charge is -2.17. The van der Waals surface area contributed by atoms with Crippen molar-refractivity contribution < 1.29 is 14.3 Å². The van der Waals surface area contributed by atoms with Gasteiger partial charge in [0, 0.05) is 35.8 Å². The van der Waals surface area contributed by atoms with E-state index in [0.717, 1.165) is 52.0 Å². The Morgan fingerprint density at radius 1 is 1.22 bits per heavy atom. The van der Waals surface area contributed by atoms with Gasteiger partial charge in [0.2, 0.25) is 5.91 Å². The third-order valence-corrected chi connectivity index (χ3v) is 6.14. The van der Waals surface area contributed by atoms with E-state index < -0.39 is 0 Å². The minimum absolute atomic E-state index is 0.0782. The number of ether oxygens (including phenoxy) is 2. The Morgan fingerprint density at radius 2 is 2.12 bits per heavy atom. The summed E-state index contributed by atoms with van der Waals surface area (Å²) < 4.78 is 13.6. The van der Waals surface area contributed by atoms with Gasteiger partial charge in [-0.05, 0) is 49.6 Å². The summed E-state index contributed by atoms with van der Waals surface area (Å²) in [7, 11) is 0. The number of hydrogen-bond donors (Lipinski definition) is 1. The van der Waals surface area contributed by atoms with Gasteiger partial charge in [0.1, 0.15) is 12.4 Å². The van der Waals surface area contributed by atoms with Crippen molar-refractivity contribution in [2.24, 2.45) is 0 Å². The predicted octanol–water partition coefficient (Wildman–Crippen LogP) is 5.37. The van der Waals surface area contributed by atoms with Crippen LogP contribution in [0.2, 0.25) is 0 Å². The molecule has 4 rings (SSSR count). The zero-order valence-electron chi connectivity index (χ0n) is 18.1. The van der Waals surface area contributed by atoms with Gasteiger partial charge in [-0.3, -0.25) is 9.36 Å². The Labute approximate surface area is 192 Å². The highest BCUT2D eigenvalue weighted by molar-refractivity contribution is 7.99. The standard InChI is InChI=1S/C25H27N3O3S/c1-2-14-30-18-20-6-3-4-7-23(20)28-13-12-26-25(28)32-16-5-15-31-21-9-10-22-19(17-21)8-11-24(29)27-22/h2-4,6-7,9-10,12-14,17H,5,8,11,15-16,18H2,1H3,(H,27,29)/b14-2+. The number of aromatic nitrogens is 2. The smallest absolute Gasteiger partial charge is 0.224 e. The number of thioether (sulfide) groups is 1. The minimum atomic E-state index is 0.0782. The van der Waals surface area contributed by atoms with Gasteiger partial charge in [-0.2, -0.15) is 0 Å². The number of fused-ring (bicyclic) bond motifs is 1. The van der Waals surface area contributed by atoms with Crippen LogP contribution >= 0.6 is 11.8 Å². The molecular weight excluding hydrogens is 422 g/mol. The van der Waals surface area contributed by atoms with Gasteiger partial charge in [-0.15, -0.1) is 0 Å². The number of carbonyl (C=O) groups is 1. The first-order valence-electron chi connectivity index (χ1n) is 10.8. The highest BCUT2D eigenvalue weighted by atomic mass is 32.2. The molecule has 0 unspecified atom stereocenters. The number of rotatable bonds is 10. The fourth-order valence-electron chi connectivity index (χ4n) is 3.54. The summed E-state index contributed by atoms with van der Waals surface area (Å²) in [6.45, 7) is 3.08. The average Bonchev–Trinajstić information content (AvgIpc) is 3.28. The lowest BCUT2D eigenvalue weighted by molar-refractivity contribution is -0.116. The topological polar surface area (TPSA) is 65.4 Å². The number of para-hydroxylation sites is 1. The number of anilines is 1. The number of imidazole rings is 1. The van der Waals surface area contributed by atoms with E-state index in [1.807, 2.05) is 55.7 Å². The normalized spacial score (nSPS) is 13.1. The molecule has 0 aliphatic carbocycles. The summed E-state index contributed by atoms with van der Waals surface area (Å²) in [5.41, 5.74) is 4.22. The second kappa shape index (κ2) is 10.9. The fraction of sp³-hybridized carbons (Fsp3) is 0.280. The SMILES string of the molecule is C/C=C/OCc1ccccc1-n1ccnc1SCCCOc1ccc2c(c1)CCC(=O)N2. The van der Waals surface area contributed by atoms with Gasteiger partial charge in [0.25, 0.3) is 0 Å². The van der Waals surface area contributed by atoms with E-state index in [1.54, 1.807) is 18.0 Å². The first-order valence-corrected chi connectivity index (χ1v) is 11.8. The molecule has 1 amide bonds. The molecule has 1 N–H and O–H groups in total. The molecule has 2 heterocycles. The van der Waals surface area contributed by atoms with Crippen LogP contribution in [0.3, 0.4) is 0 Å². The first-order chi connectivity index (χ1) is 15.7. The van der Waals surface area contributed by atoms with Crippen molar-refractivity contribution >= 4 is 23.4 Å². The molecule has 2 aromatic carbocycles. The Kier molecular flexibility index (Phi) is 7.51. The number of allylic oxidation sites excluding steroid dienone is 1. The van der Waals surface area contributed by atoms with Crippen LogP contribution in [-0.4, -0.2) is 27.8 Å². The molecule has 1 aromatic heterocycles. The molecule has 0 spiro atoms. The zero-order chi connectivity index (χ0) is 22.2. The lowest BCUT2D eigenvalue weighted by atomic mass is 10.0. The molecule has 0 saturated heterocycles. The average molecular weight is 450 g/mol. The second-order valence-electron chi connectivity index (χ2n) is 7.41. The molecular formula is C25H27N3O3S. The molecule has 6 nitrogen and oxygen atoms in total. The van der Waals surface area contributed by atoms with Gasteiger partial charge in [0.05, 0.1) is 18.6 Å². The van der Waals surface area contributed by atoms with Crippen molar-refractivity contribution in [3.05, 3.63) is 78.3 Å². The molecule has 0 bridgehead atoms. The van der Waals surface area contributed by atoms with E-state index in [9.17, 15) is 4.79 Å². The maximum atomic E-state index is 11.5. The number of carbonyl (C=O) groups excluding carboxylic acids is 1. The van der Waals surface area contributed by atoms with Crippen LogP contribution in [0.15, 0.2) is 72.4 Å². The first kappa shape index (κ1) is 22.0. The van der Waals surface area contributed by atoms with Crippen LogP contribution in [0, 0.1) is 0 Å². The maximum Gasteiger partial charge on any atom is 0.224 e. The summed E-state index contributed by atoms with van der Waals surface area (Å²) in [5, 5.41) is 3.85. The fourth-order valence-corrected chi connectivity index (χ4v) is 4.42. The predicted molar refractivity (Wildman–Crippen MR) is 127 cm³/mol. The van der Waals surface area contributed by atoms with Gasteiger partial charge in [0.15, 0.2) is 5.16 Å². The number of nitrogens with zero attached hydrogens (tertiary/aromatic N) is 2. The number of benzene rings is 2. The van der Waals surface area contributed by atoms with Crippen LogP contribution in [0.4, 0.5) is 5.69 Å². The van der Waals surface area contributed by atoms with Crippen molar-refractivity contribution in [2.75, 3.05) is 17.7 Å². The van der Waals surface area contributed by atoms with Crippen molar-refractivity contribution in [1.82, 2.24) is 9.55 Å². The molecule has 32 heavy (non-hydrogen) atoms.